The van der Waals surface area contributed by atoms with Crippen LogP contribution in [0.1, 0.15) is 41.3 Å². The predicted octanol–water partition coefficient (Wildman–Crippen LogP) is 2.79. The Morgan fingerprint density at radius 1 is 1.25 bits per heavy atom. The quantitative estimate of drug-likeness (QED) is 0.767. The lowest BCUT2D eigenvalue weighted by atomic mass is 10.2. The Hall–Kier alpha value is -2.22. The minimum atomic E-state index is -0.925. The first kappa shape index (κ1) is 18.1. The molecule has 0 aromatic carbocycles. The second-order valence-electron chi connectivity index (χ2n) is 5.37. The monoisotopic (exact) mass is 351 g/mol. The van der Waals surface area contributed by atoms with E-state index < -0.39 is 5.97 Å². The first-order chi connectivity index (χ1) is 11.4. The van der Waals surface area contributed by atoms with E-state index in [9.17, 15) is 14.7 Å². The number of esters is 1. The molecule has 130 valence electrons. The Kier molecular flexibility index (Phi) is 5.71. The Balaban J connectivity index is 2.64. The van der Waals surface area contributed by atoms with Crippen LogP contribution in [-0.4, -0.2) is 46.7 Å². The molecule has 0 atom stereocenters. The molecule has 0 aliphatic rings. The number of anilines is 1. The molecule has 0 fully saturated rings. The number of aliphatic carboxylic acids is 1. The summed E-state index contributed by atoms with van der Waals surface area (Å²) in [5, 5.41) is 9.91. The first-order valence-electron chi connectivity index (χ1n) is 7.80. The van der Waals surface area contributed by atoms with Crippen molar-refractivity contribution in [3.63, 3.8) is 0 Å². The smallest absolute Gasteiger partial charge is 0.348 e. The van der Waals surface area contributed by atoms with Crippen LogP contribution in [0.3, 0.4) is 0 Å². The van der Waals surface area contributed by atoms with Crippen molar-refractivity contribution >= 4 is 39.3 Å². The lowest BCUT2D eigenvalue weighted by Crippen LogP contribution is -2.31. The molecule has 1 N–H and O–H groups in total. The molecule has 0 saturated carbocycles. The molecule has 0 radical (unpaired) electrons. The van der Waals surface area contributed by atoms with Gasteiger partial charge in [-0.25, -0.2) is 14.8 Å². The lowest BCUT2D eigenvalue weighted by molar-refractivity contribution is -0.135. The fraction of sp³-hybridized carbons (Fsp3) is 0.500. The Labute approximate surface area is 144 Å². The second-order valence-corrected chi connectivity index (χ2v) is 6.37. The van der Waals surface area contributed by atoms with E-state index in [-0.39, 0.29) is 12.5 Å². The number of carboxylic acids is 1. The minimum Gasteiger partial charge on any atom is -0.480 e. The van der Waals surface area contributed by atoms with Crippen molar-refractivity contribution in [1.82, 2.24) is 9.97 Å². The van der Waals surface area contributed by atoms with E-state index in [1.807, 2.05) is 13.8 Å². The zero-order chi connectivity index (χ0) is 17.9. The van der Waals surface area contributed by atoms with Crippen LogP contribution in [0.4, 0.5) is 5.82 Å². The van der Waals surface area contributed by atoms with Crippen LogP contribution >= 0.6 is 11.3 Å². The topological polar surface area (TPSA) is 92.6 Å². The normalized spacial score (nSPS) is 10.8. The maximum atomic E-state index is 12.1. The highest BCUT2D eigenvalue weighted by Crippen LogP contribution is 2.35. The number of hydrogen-bond donors (Lipinski definition) is 1. The molecule has 2 aromatic rings. The molecule has 0 amide bonds. The number of carboxylic acid groups (broad SMARTS) is 1. The van der Waals surface area contributed by atoms with Crippen LogP contribution in [-0.2, 0) is 9.53 Å². The molecule has 0 unspecified atom stereocenters. The Bertz CT molecular complexity index is 772. The number of carbonyl (C=O) groups excluding carboxylic acids is 1. The van der Waals surface area contributed by atoms with E-state index in [1.165, 1.54) is 11.3 Å². The summed E-state index contributed by atoms with van der Waals surface area (Å²) in [5.41, 5.74) is 0.731. The molecule has 0 aliphatic carbocycles. The fourth-order valence-corrected chi connectivity index (χ4v) is 3.65. The second kappa shape index (κ2) is 7.57. The molecule has 0 saturated heterocycles. The third-order valence-corrected chi connectivity index (χ3v) is 4.63. The number of rotatable bonds is 7. The largest absolute Gasteiger partial charge is 0.480 e. The van der Waals surface area contributed by atoms with Gasteiger partial charge in [0, 0.05) is 6.54 Å². The van der Waals surface area contributed by atoms with E-state index in [1.54, 1.807) is 18.7 Å². The standard InChI is InChI=1S/C16H21N3O4S/c1-5-7-19(8-11(20)21)14-12-9(3)13(16(22)23-6-2)24-15(12)18-10(4)17-14/h5-8H2,1-4H3,(H,20,21). The number of aromatic nitrogens is 2. The van der Waals surface area contributed by atoms with Gasteiger partial charge in [0.15, 0.2) is 0 Å². The van der Waals surface area contributed by atoms with Gasteiger partial charge in [-0.05, 0) is 32.8 Å². The number of hydrogen-bond acceptors (Lipinski definition) is 7. The fourth-order valence-electron chi connectivity index (χ4n) is 2.53. The van der Waals surface area contributed by atoms with Crippen LogP contribution < -0.4 is 4.90 Å². The summed E-state index contributed by atoms with van der Waals surface area (Å²) in [5.74, 6) is -0.208. The Morgan fingerprint density at radius 2 is 1.96 bits per heavy atom. The number of nitrogens with zero attached hydrogens (tertiary/aromatic N) is 3. The zero-order valence-corrected chi connectivity index (χ0v) is 15.1. The van der Waals surface area contributed by atoms with Gasteiger partial charge in [-0.2, -0.15) is 0 Å². The van der Waals surface area contributed by atoms with Crippen LogP contribution in [0.5, 0.6) is 0 Å². The van der Waals surface area contributed by atoms with Crippen molar-refractivity contribution in [2.24, 2.45) is 0 Å². The first-order valence-corrected chi connectivity index (χ1v) is 8.62. The highest BCUT2D eigenvalue weighted by Gasteiger charge is 2.24. The summed E-state index contributed by atoms with van der Waals surface area (Å²) in [7, 11) is 0. The van der Waals surface area contributed by atoms with Gasteiger partial charge in [-0.1, -0.05) is 6.92 Å². The zero-order valence-electron chi connectivity index (χ0n) is 14.3. The number of carbonyl (C=O) groups is 2. The van der Waals surface area contributed by atoms with Crippen LogP contribution in [0.15, 0.2) is 0 Å². The number of fused-ring (bicyclic) bond motifs is 1. The minimum absolute atomic E-state index is 0.149. The van der Waals surface area contributed by atoms with Crippen molar-refractivity contribution < 1.29 is 19.4 Å². The van der Waals surface area contributed by atoms with Gasteiger partial charge in [-0.3, -0.25) is 4.79 Å². The van der Waals surface area contributed by atoms with Crippen LogP contribution in [0.2, 0.25) is 0 Å². The van der Waals surface area contributed by atoms with Gasteiger partial charge < -0.3 is 14.7 Å². The van der Waals surface area contributed by atoms with E-state index in [0.717, 1.165) is 17.4 Å². The van der Waals surface area contributed by atoms with Crippen molar-refractivity contribution in [2.75, 3.05) is 24.6 Å². The average Bonchev–Trinajstić information content (AvgIpc) is 2.83. The van der Waals surface area contributed by atoms with Crippen molar-refractivity contribution in [2.45, 2.75) is 34.1 Å². The highest BCUT2D eigenvalue weighted by molar-refractivity contribution is 7.20. The van der Waals surface area contributed by atoms with Gasteiger partial charge >= 0.3 is 11.9 Å². The predicted molar refractivity (Wildman–Crippen MR) is 93.0 cm³/mol. The molecule has 24 heavy (non-hydrogen) atoms. The lowest BCUT2D eigenvalue weighted by Gasteiger charge is -2.22. The number of ether oxygens (including phenoxy) is 1. The Morgan fingerprint density at radius 3 is 2.54 bits per heavy atom. The summed E-state index contributed by atoms with van der Waals surface area (Å²) in [6.07, 6.45) is 0.783. The van der Waals surface area contributed by atoms with Crippen LogP contribution in [0, 0.1) is 13.8 Å². The molecule has 2 heterocycles. The number of aryl methyl sites for hydroxylation is 2. The van der Waals surface area contributed by atoms with Gasteiger partial charge in [0.25, 0.3) is 0 Å². The molecule has 0 spiro atoms. The van der Waals surface area contributed by atoms with Crippen LogP contribution in [0.25, 0.3) is 10.2 Å². The summed E-state index contributed by atoms with van der Waals surface area (Å²) < 4.78 is 5.10. The van der Waals surface area contributed by atoms with Crippen molar-refractivity contribution in [3.05, 3.63) is 16.3 Å². The third-order valence-electron chi connectivity index (χ3n) is 3.46. The van der Waals surface area contributed by atoms with Gasteiger partial charge in [0.2, 0.25) is 0 Å². The SMILES string of the molecule is CCCN(CC(=O)O)c1nc(C)nc2sc(C(=O)OCC)c(C)c12. The van der Waals surface area contributed by atoms with E-state index in [4.69, 9.17) is 4.74 Å². The van der Waals surface area contributed by atoms with Gasteiger partial charge in [-0.15, -0.1) is 11.3 Å². The molecule has 0 aliphatic heterocycles. The molecule has 0 bridgehead atoms. The summed E-state index contributed by atoms with van der Waals surface area (Å²) in [4.78, 5) is 35.1. The molecule has 7 nitrogen and oxygen atoms in total. The summed E-state index contributed by atoms with van der Waals surface area (Å²) in [6, 6.07) is 0. The molecule has 2 rings (SSSR count). The summed E-state index contributed by atoms with van der Waals surface area (Å²) >= 11 is 1.25. The molecular formula is C16H21N3O4S. The maximum Gasteiger partial charge on any atom is 0.348 e. The van der Waals surface area contributed by atoms with Crippen molar-refractivity contribution in [1.29, 1.82) is 0 Å². The van der Waals surface area contributed by atoms with E-state index in [2.05, 4.69) is 9.97 Å². The molecular weight excluding hydrogens is 330 g/mol. The van der Waals surface area contributed by atoms with Gasteiger partial charge in [0.1, 0.15) is 27.9 Å². The number of thiophene rings is 1. The van der Waals surface area contributed by atoms with Gasteiger partial charge in [0.05, 0.1) is 12.0 Å². The van der Waals surface area contributed by atoms with E-state index >= 15 is 0 Å². The summed E-state index contributed by atoms with van der Waals surface area (Å²) in [6.45, 7) is 8.01. The third kappa shape index (κ3) is 3.64. The maximum absolute atomic E-state index is 12.1. The van der Waals surface area contributed by atoms with Crippen molar-refractivity contribution in [3.8, 4) is 0 Å². The highest BCUT2D eigenvalue weighted by atomic mass is 32.1. The van der Waals surface area contributed by atoms with E-state index in [0.29, 0.717) is 34.5 Å². The molecule has 2 aromatic heterocycles. The molecule has 8 heteroatoms. The average molecular weight is 351 g/mol.